The molecule has 1 saturated heterocycles. The molecule has 0 aliphatic carbocycles. The topological polar surface area (TPSA) is 57.0 Å². The number of para-hydroxylation sites is 2. The van der Waals surface area contributed by atoms with Crippen LogP contribution in [0.2, 0.25) is 5.02 Å². The summed E-state index contributed by atoms with van der Waals surface area (Å²) in [7, 11) is 0. The Balaban J connectivity index is 1.51. The number of nitrogens with one attached hydrogen (secondary N) is 2. The van der Waals surface area contributed by atoms with Gasteiger partial charge in [-0.2, -0.15) is 0 Å². The molecular formula is C18H20ClFN3O2+. The summed E-state index contributed by atoms with van der Waals surface area (Å²) in [6.45, 7) is 3.46. The number of carbonyl (C=O) groups is 1. The maximum atomic E-state index is 13.1. The number of carbonyl (C=O) groups excluding carboxylic acids is 1. The van der Waals surface area contributed by atoms with Crippen LogP contribution in [-0.2, 0) is 4.79 Å². The SMILES string of the molecule is O=C(C[NH+]1CCN(c2ccccc2O)CC1)Nc1ccc(F)c(Cl)c1. The number of quaternary nitrogens is 1. The van der Waals surface area contributed by atoms with Crippen molar-refractivity contribution in [1.29, 1.82) is 0 Å². The third kappa shape index (κ3) is 4.41. The van der Waals surface area contributed by atoms with Crippen molar-refractivity contribution in [3.05, 3.63) is 53.3 Å². The van der Waals surface area contributed by atoms with E-state index in [4.69, 9.17) is 11.6 Å². The number of piperazine rings is 1. The van der Waals surface area contributed by atoms with Crippen molar-refractivity contribution in [2.75, 3.05) is 42.9 Å². The lowest BCUT2D eigenvalue weighted by Crippen LogP contribution is -3.15. The van der Waals surface area contributed by atoms with Crippen LogP contribution in [0.25, 0.3) is 0 Å². The molecule has 2 aromatic carbocycles. The van der Waals surface area contributed by atoms with Gasteiger partial charge in [-0.25, -0.2) is 4.39 Å². The van der Waals surface area contributed by atoms with E-state index >= 15 is 0 Å². The van der Waals surface area contributed by atoms with Crippen LogP contribution in [0.15, 0.2) is 42.5 Å². The molecular weight excluding hydrogens is 345 g/mol. The number of amides is 1. The Bertz CT molecular complexity index is 764. The Morgan fingerprint density at radius 1 is 1.24 bits per heavy atom. The second kappa shape index (κ2) is 7.72. The van der Waals surface area contributed by atoms with Crippen molar-refractivity contribution >= 4 is 28.9 Å². The zero-order valence-electron chi connectivity index (χ0n) is 13.6. The lowest BCUT2D eigenvalue weighted by Gasteiger charge is -2.33. The number of anilines is 2. The molecule has 1 aliphatic rings. The summed E-state index contributed by atoms with van der Waals surface area (Å²) in [4.78, 5) is 15.4. The summed E-state index contributed by atoms with van der Waals surface area (Å²) < 4.78 is 13.1. The van der Waals surface area contributed by atoms with E-state index in [0.29, 0.717) is 12.2 Å². The monoisotopic (exact) mass is 364 g/mol. The molecule has 7 heteroatoms. The molecule has 1 fully saturated rings. The number of rotatable bonds is 4. The first-order chi connectivity index (χ1) is 12.0. The number of nitrogens with zero attached hydrogens (tertiary/aromatic N) is 1. The van der Waals surface area contributed by atoms with Crippen LogP contribution in [-0.4, -0.2) is 43.7 Å². The molecule has 0 radical (unpaired) electrons. The molecule has 0 spiro atoms. The number of phenolic OH excluding ortho intramolecular Hbond substituents is 1. The molecule has 0 aromatic heterocycles. The van der Waals surface area contributed by atoms with Gasteiger partial charge in [0.25, 0.3) is 5.91 Å². The van der Waals surface area contributed by atoms with E-state index in [1.165, 1.54) is 18.2 Å². The molecule has 3 N–H and O–H groups in total. The van der Waals surface area contributed by atoms with Crippen LogP contribution in [0.5, 0.6) is 5.75 Å². The summed E-state index contributed by atoms with van der Waals surface area (Å²) in [5.41, 5.74) is 1.32. The van der Waals surface area contributed by atoms with E-state index in [1.54, 1.807) is 12.1 Å². The van der Waals surface area contributed by atoms with Gasteiger partial charge in [-0.1, -0.05) is 23.7 Å². The number of hydrogen-bond acceptors (Lipinski definition) is 3. The van der Waals surface area contributed by atoms with Gasteiger partial charge in [0.2, 0.25) is 0 Å². The molecule has 1 aliphatic heterocycles. The van der Waals surface area contributed by atoms with E-state index in [1.807, 2.05) is 12.1 Å². The third-order valence-corrected chi connectivity index (χ3v) is 4.60. The van der Waals surface area contributed by atoms with E-state index in [2.05, 4.69) is 10.2 Å². The minimum Gasteiger partial charge on any atom is -0.506 e. The second-order valence-electron chi connectivity index (χ2n) is 6.08. The predicted molar refractivity (Wildman–Crippen MR) is 95.9 cm³/mol. The van der Waals surface area contributed by atoms with Crippen molar-refractivity contribution in [3.63, 3.8) is 0 Å². The highest BCUT2D eigenvalue weighted by Crippen LogP contribution is 2.26. The van der Waals surface area contributed by atoms with Crippen molar-refractivity contribution in [2.45, 2.75) is 0 Å². The molecule has 1 amide bonds. The highest BCUT2D eigenvalue weighted by Gasteiger charge is 2.23. The molecule has 25 heavy (non-hydrogen) atoms. The fraction of sp³-hybridized carbons (Fsp3) is 0.278. The summed E-state index contributed by atoms with van der Waals surface area (Å²) in [6, 6.07) is 11.4. The van der Waals surface area contributed by atoms with Gasteiger partial charge in [-0.05, 0) is 30.3 Å². The van der Waals surface area contributed by atoms with Crippen molar-refractivity contribution in [3.8, 4) is 5.75 Å². The first-order valence-corrected chi connectivity index (χ1v) is 8.52. The molecule has 2 aromatic rings. The molecule has 5 nitrogen and oxygen atoms in total. The second-order valence-corrected chi connectivity index (χ2v) is 6.49. The quantitative estimate of drug-likeness (QED) is 0.771. The highest BCUT2D eigenvalue weighted by molar-refractivity contribution is 6.31. The fourth-order valence-electron chi connectivity index (χ4n) is 2.98. The number of hydrogen-bond donors (Lipinski definition) is 3. The Morgan fingerprint density at radius 2 is 1.96 bits per heavy atom. The smallest absolute Gasteiger partial charge is 0.279 e. The summed E-state index contributed by atoms with van der Waals surface area (Å²) >= 11 is 5.72. The number of benzene rings is 2. The summed E-state index contributed by atoms with van der Waals surface area (Å²) in [6.07, 6.45) is 0. The fourth-order valence-corrected chi connectivity index (χ4v) is 3.16. The van der Waals surface area contributed by atoms with Crippen LogP contribution in [0.4, 0.5) is 15.8 Å². The Kier molecular flexibility index (Phi) is 5.40. The Hall–Kier alpha value is -2.31. The van der Waals surface area contributed by atoms with Crippen molar-refractivity contribution in [1.82, 2.24) is 0 Å². The molecule has 3 rings (SSSR count). The van der Waals surface area contributed by atoms with Gasteiger partial charge in [0, 0.05) is 5.69 Å². The minimum atomic E-state index is -0.509. The summed E-state index contributed by atoms with van der Waals surface area (Å²) in [5.74, 6) is -0.365. The van der Waals surface area contributed by atoms with Gasteiger partial charge in [-0.15, -0.1) is 0 Å². The van der Waals surface area contributed by atoms with Gasteiger partial charge in [0.15, 0.2) is 6.54 Å². The van der Waals surface area contributed by atoms with Gasteiger partial charge in [-0.3, -0.25) is 4.79 Å². The van der Waals surface area contributed by atoms with Crippen LogP contribution in [0, 0.1) is 5.82 Å². The van der Waals surface area contributed by atoms with E-state index in [-0.39, 0.29) is 16.7 Å². The lowest BCUT2D eigenvalue weighted by molar-refractivity contribution is -0.892. The van der Waals surface area contributed by atoms with Crippen molar-refractivity contribution < 1.29 is 19.2 Å². The lowest BCUT2D eigenvalue weighted by atomic mass is 10.2. The zero-order valence-corrected chi connectivity index (χ0v) is 14.4. The van der Waals surface area contributed by atoms with E-state index in [9.17, 15) is 14.3 Å². The van der Waals surface area contributed by atoms with Gasteiger partial charge in [0.05, 0.1) is 36.9 Å². The maximum absolute atomic E-state index is 13.1. The van der Waals surface area contributed by atoms with Gasteiger partial charge < -0.3 is 20.2 Å². The predicted octanol–water partition coefficient (Wildman–Crippen LogP) is 1.53. The van der Waals surface area contributed by atoms with E-state index < -0.39 is 5.82 Å². The average Bonchev–Trinajstić information content (AvgIpc) is 2.59. The summed E-state index contributed by atoms with van der Waals surface area (Å²) in [5, 5.41) is 12.7. The first kappa shape index (κ1) is 17.5. The van der Waals surface area contributed by atoms with E-state index in [0.717, 1.165) is 36.8 Å². The Labute approximate surface area is 150 Å². The van der Waals surface area contributed by atoms with Crippen LogP contribution >= 0.6 is 11.6 Å². The molecule has 1 heterocycles. The molecule has 132 valence electrons. The number of halogens is 2. The molecule has 0 unspecified atom stereocenters. The Morgan fingerprint density at radius 3 is 2.64 bits per heavy atom. The minimum absolute atomic E-state index is 0.0126. The molecule has 0 atom stereocenters. The van der Waals surface area contributed by atoms with Gasteiger partial charge >= 0.3 is 0 Å². The normalized spacial score (nSPS) is 15.2. The van der Waals surface area contributed by atoms with Crippen molar-refractivity contribution in [2.24, 2.45) is 0 Å². The number of phenols is 1. The maximum Gasteiger partial charge on any atom is 0.279 e. The largest absolute Gasteiger partial charge is 0.506 e. The molecule has 0 saturated carbocycles. The van der Waals surface area contributed by atoms with Crippen LogP contribution < -0.4 is 15.1 Å². The van der Waals surface area contributed by atoms with Gasteiger partial charge in [0.1, 0.15) is 11.6 Å². The standard InChI is InChI=1S/C18H19ClFN3O2/c19-14-11-13(5-6-15(14)20)21-18(25)12-22-7-9-23(10-8-22)16-3-1-2-4-17(16)24/h1-6,11,24H,7-10,12H2,(H,21,25)/p+1. The third-order valence-electron chi connectivity index (χ3n) is 4.31. The zero-order chi connectivity index (χ0) is 17.8. The van der Waals surface area contributed by atoms with Crippen LogP contribution in [0.3, 0.4) is 0 Å². The first-order valence-electron chi connectivity index (χ1n) is 8.14. The molecule has 0 bridgehead atoms. The van der Waals surface area contributed by atoms with Crippen LogP contribution in [0.1, 0.15) is 0 Å². The highest BCUT2D eigenvalue weighted by atomic mass is 35.5. The average molecular weight is 365 g/mol. The number of aromatic hydroxyl groups is 1.